The largest absolute Gasteiger partial charge is 0.479 e. The first-order chi connectivity index (χ1) is 15.0. The van der Waals surface area contributed by atoms with Gasteiger partial charge >= 0.3 is 5.97 Å². The lowest BCUT2D eigenvalue weighted by Gasteiger charge is -2.13. The highest BCUT2D eigenvalue weighted by Gasteiger charge is 2.18. The molecule has 0 radical (unpaired) electrons. The first-order valence-electron chi connectivity index (χ1n) is 9.89. The maximum Gasteiger partial charge on any atom is 0.333 e. The van der Waals surface area contributed by atoms with Crippen LogP contribution < -0.4 is 4.74 Å². The van der Waals surface area contributed by atoms with Crippen LogP contribution in [0.1, 0.15) is 12.5 Å². The Kier molecular flexibility index (Phi) is 6.65. The Hall–Kier alpha value is -2.35. The molecule has 0 bridgehead atoms. The Labute approximate surface area is 196 Å². The van der Waals surface area contributed by atoms with Gasteiger partial charge in [-0.05, 0) is 61.0 Å². The SMILES string of the molecule is CCOC(Cc1ccc(OCn2c3ccc(Br)cc3c3cc(Br)ccc32)cc1)C(=O)O. The number of carboxylic acid groups (broad SMARTS) is 1. The minimum Gasteiger partial charge on any atom is -0.479 e. The number of aliphatic carboxylic acids is 1. The number of ether oxygens (including phenoxy) is 2. The van der Waals surface area contributed by atoms with Crippen LogP contribution in [0.15, 0.2) is 69.6 Å². The standard InChI is InChI=1S/C24H21Br2NO4/c1-2-30-23(24(28)29)11-15-3-7-18(8-4-15)31-14-27-21-9-5-16(25)12-19(21)20-13-17(26)6-10-22(20)27/h3-10,12-13,23H,2,11,14H2,1H3,(H,28,29). The van der Waals surface area contributed by atoms with Gasteiger partial charge in [-0.25, -0.2) is 4.79 Å². The van der Waals surface area contributed by atoms with Crippen molar-refractivity contribution in [1.82, 2.24) is 4.57 Å². The molecule has 31 heavy (non-hydrogen) atoms. The van der Waals surface area contributed by atoms with Crippen LogP contribution in [-0.4, -0.2) is 28.4 Å². The summed E-state index contributed by atoms with van der Waals surface area (Å²) in [4.78, 5) is 11.3. The van der Waals surface area contributed by atoms with Crippen LogP contribution in [0.25, 0.3) is 21.8 Å². The van der Waals surface area contributed by atoms with Gasteiger partial charge in [-0.1, -0.05) is 44.0 Å². The predicted molar refractivity (Wildman–Crippen MR) is 129 cm³/mol. The van der Waals surface area contributed by atoms with E-state index in [9.17, 15) is 9.90 Å². The molecule has 5 nitrogen and oxygen atoms in total. The zero-order valence-corrected chi connectivity index (χ0v) is 20.0. The summed E-state index contributed by atoms with van der Waals surface area (Å²) < 4.78 is 15.6. The van der Waals surface area contributed by atoms with Crippen molar-refractivity contribution in [2.75, 3.05) is 6.61 Å². The second kappa shape index (κ2) is 9.42. The van der Waals surface area contributed by atoms with E-state index in [2.05, 4.69) is 60.7 Å². The number of carbonyl (C=O) groups is 1. The molecular formula is C24H21Br2NO4. The third-order valence-electron chi connectivity index (χ3n) is 5.14. The third kappa shape index (κ3) is 4.79. The van der Waals surface area contributed by atoms with E-state index >= 15 is 0 Å². The zero-order chi connectivity index (χ0) is 22.0. The topological polar surface area (TPSA) is 60.7 Å². The summed E-state index contributed by atoms with van der Waals surface area (Å²) in [6.07, 6.45) is -0.520. The van der Waals surface area contributed by atoms with E-state index in [4.69, 9.17) is 9.47 Å². The van der Waals surface area contributed by atoms with Crippen molar-refractivity contribution in [1.29, 1.82) is 0 Å². The molecule has 4 rings (SSSR count). The molecule has 0 saturated heterocycles. The summed E-state index contributed by atoms with van der Waals surface area (Å²) in [7, 11) is 0. The number of carboxylic acids is 1. The van der Waals surface area contributed by atoms with Gasteiger partial charge in [0, 0.05) is 32.7 Å². The number of hydrogen-bond acceptors (Lipinski definition) is 3. The highest BCUT2D eigenvalue weighted by atomic mass is 79.9. The van der Waals surface area contributed by atoms with Crippen molar-refractivity contribution < 1.29 is 19.4 Å². The molecule has 7 heteroatoms. The van der Waals surface area contributed by atoms with Crippen molar-refractivity contribution in [3.63, 3.8) is 0 Å². The van der Waals surface area contributed by atoms with E-state index in [1.807, 2.05) is 36.4 Å². The van der Waals surface area contributed by atoms with E-state index in [0.29, 0.717) is 19.8 Å². The number of hydrogen-bond donors (Lipinski definition) is 1. The molecular weight excluding hydrogens is 526 g/mol. The van der Waals surface area contributed by atoms with Gasteiger partial charge in [0.25, 0.3) is 0 Å². The number of benzene rings is 3. The second-order valence-corrected chi connectivity index (χ2v) is 8.99. The molecule has 0 aliphatic heterocycles. The molecule has 0 aliphatic rings. The van der Waals surface area contributed by atoms with Crippen molar-refractivity contribution in [2.45, 2.75) is 26.2 Å². The fraction of sp³-hybridized carbons (Fsp3) is 0.208. The smallest absolute Gasteiger partial charge is 0.333 e. The van der Waals surface area contributed by atoms with Crippen molar-refractivity contribution in [3.05, 3.63) is 75.2 Å². The molecule has 3 aromatic carbocycles. The zero-order valence-electron chi connectivity index (χ0n) is 16.8. The van der Waals surface area contributed by atoms with E-state index in [-0.39, 0.29) is 0 Å². The average molecular weight is 547 g/mol. The fourth-order valence-electron chi connectivity index (χ4n) is 3.68. The van der Waals surface area contributed by atoms with Gasteiger partial charge in [0.1, 0.15) is 5.75 Å². The maximum absolute atomic E-state index is 11.3. The molecule has 1 aromatic heterocycles. The molecule has 1 unspecified atom stereocenters. The number of fused-ring (bicyclic) bond motifs is 3. The predicted octanol–water partition coefficient (Wildman–Crippen LogP) is 6.39. The average Bonchev–Trinajstić information content (AvgIpc) is 3.05. The van der Waals surface area contributed by atoms with Gasteiger partial charge < -0.3 is 19.1 Å². The van der Waals surface area contributed by atoms with E-state index < -0.39 is 12.1 Å². The molecule has 0 aliphatic carbocycles. The number of aromatic nitrogens is 1. The van der Waals surface area contributed by atoms with Crippen LogP contribution in [0.4, 0.5) is 0 Å². The number of rotatable bonds is 8. The minimum atomic E-state index is -0.952. The molecule has 0 fully saturated rings. The van der Waals surface area contributed by atoms with Crippen LogP contribution in [0.5, 0.6) is 5.75 Å². The lowest BCUT2D eigenvalue weighted by molar-refractivity contribution is -0.149. The number of nitrogens with zero attached hydrogens (tertiary/aromatic N) is 1. The second-order valence-electron chi connectivity index (χ2n) is 7.15. The molecule has 0 spiro atoms. The van der Waals surface area contributed by atoms with Crippen LogP contribution in [0.3, 0.4) is 0 Å². The van der Waals surface area contributed by atoms with Gasteiger partial charge in [-0.15, -0.1) is 0 Å². The van der Waals surface area contributed by atoms with E-state index in [1.54, 1.807) is 6.92 Å². The van der Waals surface area contributed by atoms with Gasteiger partial charge in [0.2, 0.25) is 0 Å². The van der Waals surface area contributed by atoms with Crippen LogP contribution in [0.2, 0.25) is 0 Å². The lowest BCUT2D eigenvalue weighted by atomic mass is 10.1. The highest BCUT2D eigenvalue weighted by Crippen LogP contribution is 2.33. The Morgan fingerprint density at radius 1 is 0.968 bits per heavy atom. The quantitative estimate of drug-likeness (QED) is 0.278. The van der Waals surface area contributed by atoms with Crippen molar-refractivity contribution in [3.8, 4) is 5.75 Å². The first-order valence-corrected chi connectivity index (χ1v) is 11.5. The molecule has 0 amide bonds. The van der Waals surface area contributed by atoms with Crippen LogP contribution in [0, 0.1) is 0 Å². The van der Waals surface area contributed by atoms with Gasteiger partial charge in [0.05, 0.1) is 11.0 Å². The summed E-state index contributed by atoms with van der Waals surface area (Å²) >= 11 is 7.13. The minimum absolute atomic E-state index is 0.320. The molecule has 4 aromatic rings. The first kappa shape index (κ1) is 21.9. The third-order valence-corrected chi connectivity index (χ3v) is 6.12. The maximum atomic E-state index is 11.3. The van der Waals surface area contributed by atoms with Crippen molar-refractivity contribution >= 4 is 59.6 Å². The molecule has 1 atom stereocenters. The fourth-order valence-corrected chi connectivity index (χ4v) is 4.40. The van der Waals surface area contributed by atoms with Crippen molar-refractivity contribution in [2.24, 2.45) is 0 Å². The molecule has 160 valence electrons. The Morgan fingerprint density at radius 3 is 2.06 bits per heavy atom. The van der Waals surface area contributed by atoms with E-state index in [0.717, 1.165) is 42.1 Å². The highest BCUT2D eigenvalue weighted by molar-refractivity contribution is 9.10. The summed E-state index contributed by atoms with van der Waals surface area (Å²) in [5.74, 6) is -0.233. The lowest BCUT2D eigenvalue weighted by Crippen LogP contribution is -2.26. The molecule has 0 saturated carbocycles. The monoisotopic (exact) mass is 545 g/mol. The summed E-state index contributed by atoms with van der Waals surface area (Å²) in [5, 5.41) is 11.6. The normalized spacial score (nSPS) is 12.4. The van der Waals surface area contributed by atoms with Crippen LogP contribution in [-0.2, 0) is 22.7 Å². The molecule has 1 N–H and O–H groups in total. The summed E-state index contributed by atoms with van der Waals surface area (Å²) in [5.41, 5.74) is 3.07. The Balaban J connectivity index is 1.56. The number of halogens is 2. The van der Waals surface area contributed by atoms with Crippen LogP contribution >= 0.6 is 31.9 Å². The summed E-state index contributed by atoms with van der Waals surface area (Å²) in [6, 6.07) is 19.9. The van der Waals surface area contributed by atoms with E-state index in [1.165, 1.54) is 0 Å². The Morgan fingerprint density at radius 2 is 1.55 bits per heavy atom. The van der Waals surface area contributed by atoms with Gasteiger partial charge in [-0.2, -0.15) is 0 Å². The molecule has 1 heterocycles. The van der Waals surface area contributed by atoms with Gasteiger partial charge in [0.15, 0.2) is 12.8 Å². The Bertz CT molecular complexity index is 1170. The van der Waals surface area contributed by atoms with Gasteiger partial charge in [-0.3, -0.25) is 0 Å². The summed E-state index contributed by atoms with van der Waals surface area (Å²) in [6.45, 7) is 2.52.